The van der Waals surface area contributed by atoms with E-state index in [4.69, 9.17) is 14.2 Å². The summed E-state index contributed by atoms with van der Waals surface area (Å²) < 4.78 is 16.8. The summed E-state index contributed by atoms with van der Waals surface area (Å²) in [6.07, 6.45) is 1.77. The first kappa shape index (κ1) is 22.1. The maximum absolute atomic E-state index is 5.74. The highest BCUT2D eigenvalue weighted by Gasteiger charge is 2.11. The molecule has 1 heterocycles. The SMILES string of the molecule is CN=C(NCCc1ccc(C)c(OC)c1)Nc1ccc2c(c1)OCCCO2.I. The van der Waals surface area contributed by atoms with Crippen molar-refractivity contribution < 1.29 is 14.2 Å². The summed E-state index contributed by atoms with van der Waals surface area (Å²) in [6, 6.07) is 12.1. The number of anilines is 1. The van der Waals surface area contributed by atoms with Crippen molar-refractivity contribution in [2.24, 2.45) is 4.99 Å². The molecule has 2 N–H and O–H groups in total. The van der Waals surface area contributed by atoms with Gasteiger partial charge in [0, 0.05) is 31.8 Å². The number of fused-ring (bicyclic) bond motifs is 1. The highest BCUT2D eigenvalue weighted by atomic mass is 127. The first-order valence-electron chi connectivity index (χ1n) is 9.20. The molecule has 7 heteroatoms. The fourth-order valence-electron chi connectivity index (χ4n) is 2.90. The van der Waals surface area contributed by atoms with Gasteiger partial charge in [0.2, 0.25) is 0 Å². The van der Waals surface area contributed by atoms with Gasteiger partial charge < -0.3 is 24.8 Å². The summed E-state index contributed by atoms with van der Waals surface area (Å²) >= 11 is 0. The van der Waals surface area contributed by atoms with Gasteiger partial charge in [-0.05, 0) is 42.7 Å². The average Bonchev–Trinajstić information content (AvgIpc) is 2.93. The normalized spacial score (nSPS) is 13.2. The van der Waals surface area contributed by atoms with Crippen molar-refractivity contribution in [3.05, 3.63) is 47.5 Å². The van der Waals surface area contributed by atoms with E-state index in [0.29, 0.717) is 19.2 Å². The van der Waals surface area contributed by atoms with E-state index in [1.807, 2.05) is 25.1 Å². The number of aliphatic imine (C=N–C) groups is 1. The van der Waals surface area contributed by atoms with Crippen LogP contribution in [0.4, 0.5) is 5.69 Å². The number of halogens is 1. The van der Waals surface area contributed by atoms with Gasteiger partial charge in [-0.25, -0.2) is 0 Å². The molecule has 152 valence electrons. The van der Waals surface area contributed by atoms with Crippen LogP contribution in [0.3, 0.4) is 0 Å². The molecule has 1 aliphatic heterocycles. The molecular weight excluding hydrogens is 469 g/mol. The minimum Gasteiger partial charge on any atom is -0.496 e. The Morgan fingerprint density at radius 1 is 1.11 bits per heavy atom. The van der Waals surface area contributed by atoms with Gasteiger partial charge in [0.15, 0.2) is 17.5 Å². The predicted molar refractivity (Wildman–Crippen MR) is 124 cm³/mol. The van der Waals surface area contributed by atoms with Gasteiger partial charge in [-0.15, -0.1) is 24.0 Å². The lowest BCUT2D eigenvalue weighted by Crippen LogP contribution is -2.32. The Labute approximate surface area is 183 Å². The molecule has 6 nitrogen and oxygen atoms in total. The Kier molecular flexibility index (Phi) is 8.69. The lowest BCUT2D eigenvalue weighted by atomic mass is 10.1. The van der Waals surface area contributed by atoms with Crippen molar-refractivity contribution >= 4 is 35.6 Å². The molecule has 2 aromatic carbocycles. The molecule has 0 fully saturated rings. The van der Waals surface area contributed by atoms with Crippen molar-refractivity contribution in [3.8, 4) is 17.2 Å². The molecule has 2 aromatic rings. The van der Waals surface area contributed by atoms with E-state index in [9.17, 15) is 0 Å². The molecule has 0 unspecified atom stereocenters. The topological polar surface area (TPSA) is 64.1 Å². The summed E-state index contributed by atoms with van der Waals surface area (Å²) in [6.45, 7) is 4.16. The van der Waals surface area contributed by atoms with Crippen LogP contribution in [-0.2, 0) is 6.42 Å². The smallest absolute Gasteiger partial charge is 0.195 e. The van der Waals surface area contributed by atoms with Crippen LogP contribution < -0.4 is 24.8 Å². The van der Waals surface area contributed by atoms with E-state index in [0.717, 1.165) is 47.9 Å². The van der Waals surface area contributed by atoms with Crippen LogP contribution in [0.1, 0.15) is 17.5 Å². The molecule has 28 heavy (non-hydrogen) atoms. The van der Waals surface area contributed by atoms with Gasteiger partial charge in [0.25, 0.3) is 0 Å². The van der Waals surface area contributed by atoms with Crippen molar-refractivity contribution in [3.63, 3.8) is 0 Å². The number of ether oxygens (including phenoxy) is 3. The standard InChI is InChI=1S/C21H27N3O3.HI/c1-15-5-6-16(13-19(15)25-3)9-10-23-21(22-2)24-17-7-8-18-20(14-17)27-12-4-11-26-18;/h5-8,13-14H,4,9-12H2,1-3H3,(H2,22,23,24);1H. The zero-order valence-corrected chi connectivity index (χ0v) is 18.9. The number of nitrogens with zero attached hydrogens (tertiary/aromatic N) is 1. The van der Waals surface area contributed by atoms with Gasteiger partial charge in [0.1, 0.15) is 5.75 Å². The molecule has 1 aliphatic rings. The summed E-state index contributed by atoms with van der Waals surface area (Å²) in [4.78, 5) is 4.29. The van der Waals surface area contributed by atoms with Gasteiger partial charge in [-0.1, -0.05) is 12.1 Å². The molecule has 0 spiro atoms. The number of guanidine groups is 1. The summed E-state index contributed by atoms with van der Waals surface area (Å²) in [7, 11) is 3.46. The third kappa shape index (κ3) is 5.92. The Morgan fingerprint density at radius 2 is 1.89 bits per heavy atom. The first-order valence-corrected chi connectivity index (χ1v) is 9.20. The van der Waals surface area contributed by atoms with Crippen molar-refractivity contribution in [2.45, 2.75) is 19.8 Å². The molecular formula is C21H28IN3O3. The number of aryl methyl sites for hydroxylation is 1. The van der Waals surface area contributed by atoms with E-state index in [1.54, 1.807) is 14.2 Å². The predicted octanol–water partition coefficient (Wildman–Crippen LogP) is 4.01. The first-order chi connectivity index (χ1) is 13.2. The Bertz CT molecular complexity index is 811. The highest BCUT2D eigenvalue weighted by molar-refractivity contribution is 14.0. The molecule has 0 amide bonds. The second-order valence-corrected chi connectivity index (χ2v) is 6.39. The van der Waals surface area contributed by atoms with Gasteiger partial charge in [-0.2, -0.15) is 0 Å². The molecule has 0 saturated carbocycles. The lowest BCUT2D eigenvalue weighted by Gasteiger charge is -2.14. The molecule has 0 aromatic heterocycles. The number of rotatable bonds is 5. The summed E-state index contributed by atoms with van der Waals surface area (Å²) in [5, 5.41) is 6.63. The summed E-state index contributed by atoms with van der Waals surface area (Å²) in [5.41, 5.74) is 3.27. The van der Waals surface area contributed by atoms with E-state index in [2.05, 4.69) is 33.8 Å². The van der Waals surface area contributed by atoms with Gasteiger partial charge in [0.05, 0.1) is 20.3 Å². The highest BCUT2D eigenvalue weighted by Crippen LogP contribution is 2.32. The monoisotopic (exact) mass is 497 g/mol. The molecule has 0 aliphatic carbocycles. The zero-order chi connectivity index (χ0) is 19.1. The third-order valence-electron chi connectivity index (χ3n) is 4.41. The van der Waals surface area contributed by atoms with Crippen LogP contribution >= 0.6 is 24.0 Å². The number of hydrogen-bond acceptors (Lipinski definition) is 4. The average molecular weight is 497 g/mol. The largest absolute Gasteiger partial charge is 0.496 e. The van der Waals surface area contributed by atoms with E-state index >= 15 is 0 Å². The Hall–Kier alpha value is -2.16. The van der Waals surface area contributed by atoms with E-state index in [1.165, 1.54) is 5.56 Å². The van der Waals surface area contributed by atoms with Crippen LogP contribution in [0.25, 0.3) is 0 Å². The van der Waals surface area contributed by atoms with Crippen LogP contribution in [0.5, 0.6) is 17.2 Å². The number of nitrogens with one attached hydrogen (secondary N) is 2. The molecule has 0 saturated heterocycles. The minimum atomic E-state index is 0. The third-order valence-corrected chi connectivity index (χ3v) is 4.41. The van der Waals surface area contributed by atoms with Crippen molar-refractivity contribution in [2.75, 3.05) is 39.2 Å². The van der Waals surface area contributed by atoms with Crippen LogP contribution in [0, 0.1) is 6.92 Å². The maximum atomic E-state index is 5.74. The Morgan fingerprint density at radius 3 is 2.64 bits per heavy atom. The minimum absolute atomic E-state index is 0. The second-order valence-electron chi connectivity index (χ2n) is 6.39. The molecule has 3 rings (SSSR count). The number of hydrogen-bond donors (Lipinski definition) is 2. The maximum Gasteiger partial charge on any atom is 0.195 e. The lowest BCUT2D eigenvalue weighted by molar-refractivity contribution is 0.297. The fourth-order valence-corrected chi connectivity index (χ4v) is 2.90. The van der Waals surface area contributed by atoms with Gasteiger partial charge in [-0.3, -0.25) is 4.99 Å². The number of benzene rings is 2. The van der Waals surface area contributed by atoms with Crippen LogP contribution in [0.15, 0.2) is 41.4 Å². The van der Waals surface area contributed by atoms with E-state index < -0.39 is 0 Å². The van der Waals surface area contributed by atoms with Gasteiger partial charge >= 0.3 is 0 Å². The molecule has 0 atom stereocenters. The van der Waals surface area contributed by atoms with Crippen LogP contribution in [0.2, 0.25) is 0 Å². The van der Waals surface area contributed by atoms with Crippen LogP contribution in [-0.4, -0.2) is 39.9 Å². The molecule has 0 bridgehead atoms. The molecule has 0 radical (unpaired) electrons. The van der Waals surface area contributed by atoms with E-state index in [-0.39, 0.29) is 24.0 Å². The quantitative estimate of drug-likeness (QED) is 0.372. The van der Waals surface area contributed by atoms with Crippen molar-refractivity contribution in [1.82, 2.24) is 5.32 Å². The Balaban J connectivity index is 0.00000280. The second kappa shape index (κ2) is 11.0. The summed E-state index contributed by atoms with van der Waals surface area (Å²) in [5.74, 6) is 3.18. The zero-order valence-electron chi connectivity index (χ0n) is 16.6. The number of methoxy groups -OCH3 is 1. The fraction of sp³-hybridized carbons (Fsp3) is 0.381. The van der Waals surface area contributed by atoms with Crippen molar-refractivity contribution in [1.29, 1.82) is 0 Å².